The first-order valence-corrected chi connectivity index (χ1v) is 7.58. The summed E-state index contributed by atoms with van der Waals surface area (Å²) >= 11 is 0. The van der Waals surface area contributed by atoms with E-state index in [0.717, 1.165) is 31.4 Å². The van der Waals surface area contributed by atoms with Crippen molar-refractivity contribution in [1.82, 2.24) is 4.90 Å². The van der Waals surface area contributed by atoms with Crippen LogP contribution in [0, 0.1) is 0 Å². The van der Waals surface area contributed by atoms with E-state index in [1.165, 1.54) is 22.4 Å². The van der Waals surface area contributed by atoms with Gasteiger partial charge in [0.1, 0.15) is 6.04 Å². The molecule has 0 aromatic heterocycles. The van der Waals surface area contributed by atoms with Crippen LogP contribution >= 0.6 is 0 Å². The molecule has 1 aliphatic carbocycles. The molecule has 2 N–H and O–H groups in total. The van der Waals surface area contributed by atoms with E-state index in [0.29, 0.717) is 13.0 Å². The lowest BCUT2D eigenvalue weighted by Crippen LogP contribution is -2.43. The molecular formula is C16H20N2O3. The molecule has 21 heavy (non-hydrogen) atoms. The van der Waals surface area contributed by atoms with Crippen LogP contribution in [0.3, 0.4) is 0 Å². The number of aryl methyl sites for hydroxylation is 1. The highest BCUT2D eigenvalue weighted by molar-refractivity contribution is 5.93. The van der Waals surface area contributed by atoms with Crippen LogP contribution in [0.1, 0.15) is 36.8 Å². The predicted octanol–water partition coefficient (Wildman–Crippen LogP) is 2.65. The number of carbonyl (C=O) groups is 2. The number of aliphatic carboxylic acids is 1. The summed E-state index contributed by atoms with van der Waals surface area (Å²) in [5.41, 5.74) is 3.35. The number of hydrogen-bond acceptors (Lipinski definition) is 2. The maximum Gasteiger partial charge on any atom is 0.326 e. The van der Waals surface area contributed by atoms with Crippen molar-refractivity contribution in [3.8, 4) is 0 Å². The molecule has 1 atom stereocenters. The molecular weight excluding hydrogens is 268 g/mol. The molecule has 0 radical (unpaired) electrons. The topological polar surface area (TPSA) is 69.6 Å². The maximum absolute atomic E-state index is 12.4. The number of carboxylic acids is 1. The quantitative estimate of drug-likeness (QED) is 0.879. The minimum Gasteiger partial charge on any atom is -0.480 e. The number of nitrogens with one attached hydrogen (secondary N) is 1. The Morgan fingerprint density at radius 3 is 2.81 bits per heavy atom. The molecule has 1 aromatic rings. The summed E-state index contributed by atoms with van der Waals surface area (Å²) in [6.07, 6.45) is 5.65. The average molecular weight is 288 g/mol. The smallest absolute Gasteiger partial charge is 0.326 e. The number of anilines is 1. The van der Waals surface area contributed by atoms with Crippen molar-refractivity contribution in [2.45, 2.75) is 44.6 Å². The highest BCUT2D eigenvalue weighted by Crippen LogP contribution is 2.28. The van der Waals surface area contributed by atoms with E-state index < -0.39 is 12.0 Å². The Morgan fingerprint density at radius 1 is 1.19 bits per heavy atom. The van der Waals surface area contributed by atoms with Gasteiger partial charge in [-0.1, -0.05) is 12.1 Å². The number of benzene rings is 1. The fourth-order valence-electron chi connectivity index (χ4n) is 3.35. The predicted molar refractivity (Wildman–Crippen MR) is 79.5 cm³/mol. The summed E-state index contributed by atoms with van der Waals surface area (Å²) in [6, 6.07) is 5.00. The lowest BCUT2D eigenvalue weighted by Gasteiger charge is -2.24. The highest BCUT2D eigenvalue weighted by atomic mass is 16.4. The van der Waals surface area contributed by atoms with Gasteiger partial charge in [-0.15, -0.1) is 0 Å². The molecule has 0 bridgehead atoms. The Bertz CT molecular complexity index is 571. The number of hydrogen-bond donors (Lipinski definition) is 2. The molecule has 0 unspecified atom stereocenters. The largest absolute Gasteiger partial charge is 0.480 e. The van der Waals surface area contributed by atoms with Crippen molar-refractivity contribution in [2.75, 3.05) is 11.9 Å². The van der Waals surface area contributed by atoms with Crippen molar-refractivity contribution in [3.05, 3.63) is 29.3 Å². The van der Waals surface area contributed by atoms with Crippen molar-refractivity contribution in [1.29, 1.82) is 0 Å². The van der Waals surface area contributed by atoms with Gasteiger partial charge in [0, 0.05) is 12.2 Å². The van der Waals surface area contributed by atoms with Gasteiger partial charge in [-0.05, 0) is 55.7 Å². The molecule has 2 amide bonds. The molecule has 0 spiro atoms. The summed E-state index contributed by atoms with van der Waals surface area (Å²) in [7, 11) is 0. The Hall–Kier alpha value is -2.04. The molecule has 2 aliphatic rings. The standard InChI is InChI=1S/C16H20N2O3/c19-15(20)14-9-4-10-18(14)16(21)17-13-8-3-6-11-5-1-2-7-12(11)13/h3,6,8,14H,1-2,4-5,7,9-10H2,(H,17,21)(H,19,20)/t14-/m1/s1. The molecule has 5 heteroatoms. The molecule has 1 aliphatic heterocycles. The second-order valence-electron chi connectivity index (χ2n) is 5.77. The van der Waals surface area contributed by atoms with Crippen LogP contribution in [0.5, 0.6) is 0 Å². The third-order valence-electron chi connectivity index (χ3n) is 4.44. The molecule has 1 saturated heterocycles. The SMILES string of the molecule is O=C(O)[C@H]1CCCN1C(=O)Nc1cccc2c1CCCC2. The molecule has 3 rings (SSSR count). The normalized spacial score (nSPS) is 21.0. The van der Waals surface area contributed by atoms with Crippen LogP contribution in [0.2, 0.25) is 0 Å². The first kappa shape index (κ1) is 13.9. The van der Waals surface area contributed by atoms with E-state index in [2.05, 4.69) is 11.4 Å². The van der Waals surface area contributed by atoms with Crippen LogP contribution in [0.15, 0.2) is 18.2 Å². The van der Waals surface area contributed by atoms with Crippen molar-refractivity contribution >= 4 is 17.7 Å². The molecule has 1 fully saturated rings. The first-order chi connectivity index (χ1) is 10.2. The Labute approximate surface area is 123 Å². The third-order valence-corrected chi connectivity index (χ3v) is 4.44. The lowest BCUT2D eigenvalue weighted by atomic mass is 9.90. The number of urea groups is 1. The summed E-state index contributed by atoms with van der Waals surface area (Å²) in [5, 5.41) is 12.1. The van der Waals surface area contributed by atoms with E-state index in [1.54, 1.807) is 0 Å². The minimum atomic E-state index is -0.919. The summed E-state index contributed by atoms with van der Waals surface area (Å²) in [5.74, 6) is -0.919. The second-order valence-corrected chi connectivity index (χ2v) is 5.77. The maximum atomic E-state index is 12.4. The molecule has 5 nitrogen and oxygen atoms in total. The monoisotopic (exact) mass is 288 g/mol. The van der Waals surface area contributed by atoms with E-state index in [1.807, 2.05) is 12.1 Å². The zero-order chi connectivity index (χ0) is 14.8. The molecule has 112 valence electrons. The number of fused-ring (bicyclic) bond motifs is 1. The van der Waals surface area contributed by atoms with Crippen molar-refractivity contribution in [3.63, 3.8) is 0 Å². The summed E-state index contributed by atoms with van der Waals surface area (Å²) < 4.78 is 0. The zero-order valence-corrected chi connectivity index (χ0v) is 12.0. The fourth-order valence-corrected chi connectivity index (χ4v) is 3.35. The number of carboxylic acid groups (broad SMARTS) is 1. The minimum absolute atomic E-state index is 0.293. The van der Waals surface area contributed by atoms with Crippen molar-refractivity contribution in [2.24, 2.45) is 0 Å². The average Bonchev–Trinajstić information content (AvgIpc) is 2.97. The van der Waals surface area contributed by atoms with Gasteiger partial charge in [0.2, 0.25) is 0 Å². The Morgan fingerprint density at radius 2 is 2.00 bits per heavy atom. The van der Waals surface area contributed by atoms with E-state index in [9.17, 15) is 9.59 Å². The highest BCUT2D eigenvalue weighted by Gasteiger charge is 2.34. The number of likely N-dealkylation sites (tertiary alicyclic amines) is 1. The van der Waals surface area contributed by atoms with Crippen LogP contribution in [0.4, 0.5) is 10.5 Å². The van der Waals surface area contributed by atoms with Gasteiger partial charge in [-0.2, -0.15) is 0 Å². The number of rotatable bonds is 2. The molecule has 1 aromatic carbocycles. The van der Waals surface area contributed by atoms with E-state index in [-0.39, 0.29) is 6.03 Å². The van der Waals surface area contributed by atoms with Crippen molar-refractivity contribution < 1.29 is 14.7 Å². The number of carbonyl (C=O) groups excluding carboxylic acids is 1. The van der Waals surface area contributed by atoms with Gasteiger partial charge in [-0.3, -0.25) is 0 Å². The van der Waals surface area contributed by atoms with Gasteiger partial charge in [-0.25, -0.2) is 9.59 Å². The summed E-state index contributed by atoms with van der Waals surface area (Å²) in [4.78, 5) is 25.0. The lowest BCUT2D eigenvalue weighted by molar-refractivity contribution is -0.141. The van der Waals surface area contributed by atoms with E-state index in [4.69, 9.17) is 5.11 Å². The van der Waals surface area contributed by atoms with Crippen LogP contribution < -0.4 is 5.32 Å². The Kier molecular flexibility index (Phi) is 3.82. The number of nitrogens with zero attached hydrogens (tertiary/aromatic N) is 1. The third kappa shape index (κ3) is 2.73. The molecule has 1 heterocycles. The second kappa shape index (κ2) is 5.76. The van der Waals surface area contributed by atoms with Gasteiger partial charge < -0.3 is 15.3 Å². The Balaban J connectivity index is 1.77. The van der Waals surface area contributed by atoms with Gasteiger partial charge in [0.15, 0.2) is 0 Å². The van der Waals surface area contributed by atoms with E-state index >= 15 is 0 Å². The summed E-state index contributed by atoms with van der Waals surface area (Å²) in [6.45, 7) is 0.512. The van der Waals surface area contributed by atoms with Gasteiger partial charge >= 0.3 is 12.0 Å². The zero-order valence-electron chi connectivity index (χ0n) is 12.0. The van der Waals surface area contributed by atoms with Gasteiger partial charge in [0.25, 0.3) is 0 Å². The van der Waals surface area contributed by atoms with Gasteiger partial charge in [0.05, 0.1) is 0 Å². The fraction of sp³-hybridized carbons (Fsp3) is 0.500. The first-order valence-electron chi connectivity index (χ1n) is 7.58. The van der Waals surface area contributed by atoms with Crippen LogP contribution in [-0.2, 0) is 17.6 Å². The molecule has 0 saturated carbocycles. The van der Waals surface area contributed by atoms with Crippen LogP contribution in [0.25, 0.3) is 0 Å². The van der Waals surface area contributed by atoms with Crippen LogP contribution in [-0.4, -0.2) is 34.6 Å². The number of amides is 2.